The third-order valence-corrected chi connectivity index (χ3v) is 1.84. The number of unbranched alkanes of at least 4 members (excludes halogenated alkanes) is 1. The summed E-state index contributed by atoms with van der Waals surface area (Å²) in [6.07, 6.45) is 2.20. The molecule has 0 atom stereocenters. The van der Waals surface area contributed by atoms with Gasteiger partial charge in [0, 0.05) is 18.6 Å². The van der Waals surface area contributed by atoms with Crippen LogP contribution < -0.4 is 11.1 Å². The summed E-state index contributed by atoms with van der Waals surface area (Å²) in [5, 5.41) is 12.2. The molecule has 12 heavy (non-hydrogen) atoms. The zero-order chi connectivity index (χ0) is 9.45. The van der Waals surface area contributed by atoms with E-state index in [-0.39, 0.29) is 12.0 Å². The van der Waals surface area contributed by atoms with Gasteiger partial charge in [-0.1, -0.05) is 13.8 Å². The molecule has 0 fully saturated rings. The molecule has 0 aliphatic carbocycles. The van der Waals surface area contributed by atoms with Crippen LogP contribution in [0.5, 0.6) is 0 Å². The molecule has 0 aromatic heterocycles. The Morgan fingerprint density at radius 2 is 2.00 bits per heavy atom. The Morgan fingerprint density at radius 1 is 1.33 bits per heavy atom. The highest BCUT2D eigenvalue weighted by Crippen LogP contribution is 2.10. The molecule has 0 unspecified atom stereocenters. The third-order valence-electron chi connectivity index (χ3n) is 1.84. The summed E-state index contributed by atoms with van der Waals surface area (Å²) in [6.45, 7) is 6.96. The zero-order valence-electron chi connectivity index (χ0n) is 8.27. The van der Waals surface area contributed by atoms with E-state index in [1.54, 1.807) is 0 Å². The molecule has 0 radical (unpaired) electrons. The Balaban J connectivity index is 3.19. The number of hydrogen-bond donors (Lipinski definition) is 3. The molecule has 0 aromatic carbocycles. The minimum absolute atomic E-state index is 0.00269. The van der Waals surface area contributed by atoms with Crippen molar-refractivity contribution in [2.24, 2.45) is 11.1 Å². The molecule has 3 heteroatoms. The molecule has 4 N–H and O–H groups in total. The Kier molecular flexibility index (Phi) is 6.34. The van der Waals surface area contributed by atoms with E-state index in [9.17, 15) is 0 Å². The van der Waals surface area contributed by atoms with Crippen molar-refractivity contribution in [3.63, 3.8) is 0 Å². The SMILES string of the molecule is CC(C)(CO)CNCCCCN. The number of hydrogen-bond acceptors (Lipinski definition) is 3. The normalized spacial score (nSPS) is 12.0. The number of rotatable bonds is 7. The van der Waals surface area contributed by atoms with Gasteiger partial charge in [-0.05, 0) is 25.9 Å². The maximum absolute atomic E-state index is 8.94. The number of nitrogens with one attached hydrogen (secondary N) is 1. The van der Waals surface area contributed by atoms with Crippen LogP contribution >= 0.6 is 0 Å². The van der Waals surface area contributed by atoms with Crippen LogP contribution in [-0.2, 0) is 0 Å². The van der Waals surface area contributed by atoms with Crippen LogP contribution in [0.3, 0.4) is 0 Å². The summed E-state index contributed by atoms with van der Waals surface area (Å²) >= 11 is 0. The quantitative estimate of drug-likeness (QED) is 0.488. The second kappa shape index (κ2) is 6.40. The Bertz CT molecular complexity index is 105. The summed E-state index contributed by atoms with van der Waals surface area (Å²) in [5.74, 6) is 0. The molecule has 0 bridgehead atoms. The van der Waals surface area contributed by atoms with E-state index in [0.29, 0.717) is 0 Å². The minimum atomic E-state index is 0.00269. The van der Waals surface area contributed by atoms with Crippen LogP contribution in [0.1, 0.15) is 26.7 Å². The fourth-order valence-corrected chi connectivity index (χ4v) is 0.877. The first-order valence-corrected chi connectivity index (χ1v) is 4.64. The Morgan fingerprint density at radius 3 is 2.50 bits per heavy atom. The highest BCUT2D eigenvalue weighted by molar-refractivity contribution is 4.69. The van der Waals surface area contributed by atoms with Gasteiger partial charge < -0.3 is 16.2 Å². The van der Waals surface area contributed by atoms with Gasteiger partial charge in [0.25, 0.3) is 0 Å². The van der Waals surface area contributed by atoms with Crippen molar-refractivity contribution in [3.8, 4) is 0 Å². The fourth-order valence-electron chi connectivity index (χ4n) is 0.877. The van der Waals surface area contributed by atoms with E-state index in [1.807, 2.05) is 13.8 Å². The highest BCUT2D eigenvalue weighted by Gasteiger charge is 2.14. The monoisotopic (exact) mass is 174 g/mol. The molecule has 0 saturated heterocycles. The van der Waals surface area contributed by atoms with Gasteiger partial charge in [-0.25, -0.2) is 0 Å². The minimum Gasteiger partial charge on any atom is -0.396 e. The lowest BCUT2D eigenvalue weighted by Gasteiger charge is -2.21. The third kappa shape index (κ3) is 6.58. The lowest BCUT2D eigenvalue weighted by atomic mass is 9.95. The highest BCUT2D eigenvalue weighted by atomic mass is 16.3. The molecule has 0 aliphatic heterocycles. The predicted octanol–water partition coefficient (Wildman–Crippen LogP) is 0.333. The zero-order valence-corrected chi connectivity index (χ0v) is 8.27. The first-order chi connectivity index (χ1) is 5.62. The van der Waals surface area contributed by atoms with E-state index in [0.717, 1.165) is 32.5 Å². The van der Waals surface area contributed by atoms with Gasteiger partial charge in [0.1, 0.15) is 0 Å². The van der Waals surface area contributed by atoms with Crippen molar-refractivity contribution in [3.05, 3.63) is 0 Å². The van der Waals surface area contributed by atoms with Crippen molar-refractivity contribution in [1.82, 2.24) is 5.32 Å². The molecular weight excluding hydrogens is 152 g/mol. The lowest BCUT2D eigenvalue weighted by molar-refractivity contribution is 0.157. The van der Waals surface area contributed by atoms with E-state index in [4.69, 9.17) is 10.8 Å². The van der Waals surface area contributed by atoms with Gasteiger partial charge >= 0.3 is 0 Å². The summed E-state index contributed by atoms with van der Waals surface area (Å²) in [4.78, 5) is 0. The molecule has 74 valence electrons. The van der Waals surface area contributed by atoms with Crippen LogP contribution in [0.25, 0.3) is 0 Å². The Hall–Kier alpha value is -0.120. The van der Waals surface area contributed by atoms with Crippen LogP contribution in [0.2, 0.25) is 0 Å². The largest absolute Gasteiger partial charge is 0.396 e. The first kappa shape index (κ1) is 11.9. The van der Waals surface area contributed by atoms with Crippen LogP contribution in [-0.4, -0.2) is 31.3 Å². The van der Waals surface area contributed by atoms with Crippen LogP contribution in [0, 0.1) is 5.41 Å². The van der Waals surface area contributed by atoms with Crippen molar-refractivity contribution in [2.45, 2.75) is 26.7 Å². The van der Waals surface area contributed by atoms with Crippen LogP contribution in [0.4, 0.5) is 0 Å². The molecule has 0 aliphatic rings. The van der Waals surface area contributed by atoms with Crippen molar-refractivity contribution in [1.29, 1.82) is 0 Å². The molecule has 0 spiro atoms. The van der Waals surface area contributed by atoms with Gasteiger partial charge in [-0.15, -0.1) is 0 Å². The second-order valence-electron chi connectivity index (χ2n) is 3.99. The van der Waals surface area contributed by atoms with Crippen molar-refractivity contribution >= 4 is 0 Å². The fraction of sp³-hybridized carbons (Fsp3) is 1.00. The Labute approximate surface area is 75.3 Å². The maximum atomic E-state index is 8.94. The predicted molar refractivity (Wildman–Crippen MR) is 52.0 cm³/mol. The standard InChI is InChI=1S/C9H22N2O/c1-9(2,8-12)7-11-6-4-3-5-10/h11-12H,3-8,10H2,1-2H3. The first-order valence-electron chi connectivity index (χ1n) is 4.64. The van der Waals surface area contributed by atoms with E-state index >= 15 is 0 Å². The van der Waals surface area contributed by atoms with Gasteiger partial charge in [0.2, 0.25) is 0 Å². The van der Waals surface area contributed by atoms with E-state index in [2.05, 4.69) is 5.32 Å². The molecular formula is C9H22N2O. The van der Waals surface area contributed by atoms with Gasteiger partial charge in [0.05, 0.1) is 0 Å². The summed E-state index contributed by atoms with van der Waals surface area (Å²) in [7, 11) is 0. The molecule has 0 amide bonds. The number of nitrogens with two attached hydrogens (primary N) is 1. The van der Waals surface area contributed by atoms with Gasteiger partial charge in [-0.2, -0.15) is 0 Å². The summed E-state index contributed by atoms with van der Waals surface area (Å²) < 4.78 is 0. The summed E-state index contributed by atoms with van der Waals surface area (Å²) in [6, 6.07) is 0. The van der Waals surface area contributed by atoms with Crippen molar-refractivity contribution < 1.29 is 5.11 Å². The number of aliphatic hydroxyl groups is 1. The van der Waals surface area contributed by atoms with E-state index < -0.39 is 0 Å². The van der Waals surface area contributed by atoms with Gasteiger partial charge in [-0.3, -0.25) is 0 Å². The van der Waals surface area contributed by atoms with E-state index in [1.165, 1.54) is 0 Å². The summed E-state index contributed by atoms with van der Waals surface area (Å²) in [5.41, 5.74) is 5.36. The molecule has 0 rings (SSSR count). The van der Waals surface area contributed by atoms with Crippen LogP contribution in [0.15, 0.2) is 0 Å². The lowest BCUT2D eigenvalue weighted by Crippen LogP contribution is -2.32. The smallest absolute Gasteiger partial charge is 0.0494 e. The molecule has 0 saturated carbocycles. The van der Waals surface area contributed by atoms with Gasteiger partial charge in [0.15, 0.2) is 0 Å². The topological polar surface area (TPSA) is 58.3 Å². The second-order valence-corrected chi connectivity index (χ2v) is 3.99. The average molecular weight is 174 g/mol. The molecule has 3 nitrogen and oxygen atoms in total. The maximum Gasteiger partial charge on any atom is 0.0494 e. The molecule has 0 heterocycles. The molecule has 0 aromatic rings. The average Bonchev–Trinajstić information content (AvgIpc) is 2.04. The number of aliphatic hydroxyl groups excluding tert-OH is 1. The van der Waals surface area contributed by atoms with Crippen molar-refractivity contribution in [2.75, 3.05) is 26.2 Å².